The van der Waals surface area contributed by atoms with Crippen molar-refractivity contribution in [1.82, 2.24) is 0 Å². The van der Waals surface area contributed by atoms with Crippen LogP contribution >= 0.6 is 50.5 Å². The smallest absolute Gasteiger partial charge is 0.265 e. The van der Waals surface area contributed by atoms with E-state index in [1.54, 1.807) is 18.2 Å². The van der Waals surface area contributed by atoms with Crippen LogP contribution < -0.4 is 5.32 Å². The number of carbonyl (C=O) groups is 1. The molecule has 1 aromatic heterocycles. The molecule has 0 unspecified atom stereocenters. The van der Waals surface area contributed by atoms with E-state index < -0.39 is 0 Å². The van der Waals surface area contributed by atoms with Gasteiger partial charge in [0.05, 0.1) is 20.6 Å². The Bertz CT molecular complexity index is 534. The molecule has 0 radical (unpaired) electrons. The number of hydrogen-bond donors (Lipinski definition) is 1. The first-order chi connectivity index (χ1) is 8.08. The van der Waals surface area contributed by atoms with Gasteiger partial charge in [0.25, 0.3) is 5.91 Å². The zero-order valence-corrected chi connectivity index (χ0v) is 12.3. The quantitative estimate of drug-likeness (QED) is 0.804. The van der Waals surface area contributed by atoms with Gasteiger partial charge in [-0.3, -0.25) is 4.79 Å². The summed E-state index contributed by atoms with van der Waals surface area (Å²) in [4.78, 5) is 12.4. The average Bonchev–Trinajstić information content (AvgIpc) is 2.76. The second-order valence-corrected chi connectivity index (χ2v) is 5.85. The lowest BCUT2D eigenvalue weighted by atomic mass is 10.3. The maximum absolute atomic E-state index is 11.8. The van der Waals surface area contributed by atoms with Gasteiger partial charge in [0.15, 0.2) is 0 Å². The zero-order valence-electron chi connectivity index (χ0n) is 8.34. The Kier molecular flexibility index (Phi) is 4.09. The molecular weight excluding hydrogens is 345 g/mol. The number of anilines is 1. The first kappa shape index (κ1) is 12.9. The summed E-state index contributed by atoms with van der Waals surface area (Å²) in [6, 6.07) is 6.90. The first-order valence-corrected chi connectivity index (χ1v) is 7.00. The monoisotopic (exact) mass is 349 g/mol. The number of rotatable bonds is 2. The van der Waals surface area contributed by atoms with Crippen molar-refractivity contribution >= 4 is 62.1 Å². The molecule has 1 N–H and O–H groups in total. The summed E-state index contributed by atoms with van der Waals surface area (Å²) in [5, 5.41) is 5.32. The molecule has 0 aliphatic heterocycles. The molecule has 2 aromatic rings. The van der Waals surface area contributed by atoms with Gasteiger partial charge in [-0.15, -0.1) is 11.3 Å². The molecule has 88 valence electrons. The predicted octanol–water partition coefficient (Wildman–Crippen LogP) is 5.07. The third-order valence-corrected chi connectivity index (χ3v) is 3.91. The van der Waals surface area contributed by atoms with E-state index in [0.29, 0.717) is 20.6 Å². The van der Waals surface area contributed by atoms with Crippen molar-refractivity contribution in [3.8, 4) is 0 Å². The Morgan fingerprint density at radius 3 is 2.47 bits per heavy atom. The van der Waals surface area contributed by atoms with Gasteiger partial charge in [0.1, 0.15) is 0 Å². The number of halogens is 3. The summed E-state index contributed by atoms with van der Waals surface area (Å²) in [5.41, 5.74) is 0.426. The summed E-state index contributed by atoms with van der Waals surface area (Å²) in [5.74, 6) is -0.217. The second-order valence-electron chi connectivity index (χ2n) is 3.18. The van der Waals surface area contributed by atoms with Crippen LogP contribution in [0.15, 0.2) is 34.1 Å². The highest BCUT2D eigenvalue weighted by atomic mass is 79.9. The van der Waals surface area contributed by atoms with Crippen molar-refractivity contribution in [3.05, 3.63) is 49.0 Å². The Labute approximate surface area is 121 Å². The van der Waals surface area contributed by atoms with Gasteiger partial charge in [0, 0.05) is 4.47 Å². The standard InChI is InChI=1S/C11H6BrCl2NOS/c12-6-4-7(13)10(8(14)5-6)15-11(16)9-2-1-3-17-9/h1-5H,(H,15,16). The van der Waals surface area contributed by atoms with Gasteiger partial charge in [-0.1, -0.05) is 45.2 Å². The maximum atomic E-state index is 11.8. The van der Waals surface area contributed by atoms with Crippen molar-refractivity contribution in [2.45, 2.75) is 0 Å². The van der Waals surface area contributed by atoms with Gasteiger partial charge >= 0.3 is 0 Å². The molecule has 0 fully saturated rings. The van der Waals surface area contributed by atoms with Gasteiger partial charge in [0.2, 0.25) is 0 Å². The van der Waals surface area contributed by atoms with Crippen molar-refractivity contribution in [2.24, 2.45) is 0 Å². The van der Waals surface area contributed by atoms with E-state index in [-0.39, 0.29) is 5.91 Å². The van der Waals surface area contributed by atoms with Crippen LogP contribution in [0.4, 0.5) is 5.69 Å². The molecule has 1 aromatic carbocycles. The Morgan fingerprint density at radius 2 is 1.94 bits per heavy atom. The molecule has 0 aliphatic rings. The molecule has 2 nitrogen and oxygen atoms in total. The van der Waals surface area contributed by atoms with E-state index in [4.69, 9.17) is 23.2 Å². The van der Waals surface area contributed by atoms with E-state index in [0.717, 1.165) is 4.47 Å². The van der Waals surface area contributed by atoms with Crippen LogP contribution in [0.5, 0.6) is 0 Å². The first-order valence-electron chi connectivity index (χ1n) is 4.57. The minimum atomic E-state index is -0.217. The molecule has 0 atom stereocenters. The van der Waals surface area contributed by atoms with Gasteiger partial charge in [-0.25, -0.2) is 0 Å². The van der Waals surface area contributed by atoms with Gasteiger partial charge < -0.3 is 5.32 Å². The minimum absolute atomic E-state index is 0.217. The van der Waals surface area contributed by atoms with E-state index in [2.05, 4.69) is 21.2 Å². The van der Waals surface area contributed by atoms with Crippen LogP contribution in [0.25, 0.3) is 0 Å². The van der Waals surface area contributed by atoms with Crippen LogP contribution in [0.3, 0.4) is 0 Å². The Balaban J connectivity index is 2.28. The summed E-state index contributed by atoms with van der Waals surface area (Å²) in [6.07, 6.45) is 0. The van der Waals surface area contributed by atoms with E-state index >= 15 is 0 Å². The molecule has 0 spiro atoms. The van der Waals surface area contributed by atoms with Crippen molar-refractivity contribution in [2.75, 3.05) is 5.32 Å². The molecule has 0 saturated heterocycles. The van der Waals surface area contributed by atoms with Crippen molar-refractivity contribution < 1.29 is 4.79 Å². The molecule has 1 amide bonds. The lowest BCUT2D eigenvalue weighted by Gasteiger charge is -2.08. The van der Waals surface area contributed by atoms with Crippen LogP contribution in [0.1, 0.15) is 9.67 Å². The third kappa shape index (κ3) is 3.01. The Hall–Kier alpha value is -0.550. The minimum Gasteiger partial charge on any atom is -0.319 e. The highest BCUT2D eigenvalue weighted by molar-refractivity contribution is 9.10. The summed E-state index contributed by atoms with van der Waals surface area (Å²) in [6.45, 7) is 0. The molecule has 0 bridgehead atoms. The van der Waals surface area contributed by atoms with Crippen LogP contribution in [-0.4, -0.2) is 5.91 Å². The highest BCUT2D eigenvalue weighted by Gasteiger charge is 2.13. The number of thiophene rings is 1. The lowest BCUT2D eigenvalue weighted by molar-refractivity contribution is 0.103. The molecule has 0 saturated carbocycles. The van der Waals surface area contributed by atoms with Crippen LogP contribution in [0.2, 0.25) is 10.0 Å². The van der Waals surface area contributed by atoms with Crippen molar-refractivity contribution in [3.63, 3.8) is 0 Å². The fourth-order valence-corrected chi connectivity index (χ4v) is 3.17. The fraction of sp³-hybridized carbons (Fsp3) is 0. The van der Waals surface area contributed by atoms with E-state index in [1.807, 2.05) is 11.4 Å². The summed E-state index contributed by atoms with van der Waals surface area (Å²) >= 11 is 16.7. The number of nitrogens with one attached hydrogen (secondary N) is 1. The SMILES string of the molecule is O=C(Nc1c(Cl)cc(Br)cc1Cl)c1cccs1. The van der Waals surface area contributed by atoms with Crippen LogP contribution in [0, 0.1) is 0 Å². The fourth-order valence-electron chi connectivity index (χ4n) is 1.24. The summed E-state index contributed by atoms with van der Waals surface area (Å²) < 4.78 is 0.765. The maximum Gasteiger partial charge on any atom is 0.265 e. The number of carbonyl (C=O) groups excluding carboxylic acids is 1. The normalized spacial score (nSPS) is 10.3. The molecular formula is C11H6BrCl2NOS. The number of amides is 1. The third-order valence-electron chi connectivity index (χ3n) is 1.99. The second kappa shape index (κ2) is 5.40. The molecule has 0 aliphatic carbocycles. The summed E-state index contributed by atoms with van der Waals surface area (Å²) in [7, 11) is 0. The molecule has 2 rings (SSSR count). The Morgan fingerprint density at radius 1 is 1.29 bits per heavy atom. The van der Waals surface area contributed by atoms with Crippen molar-refractivity contribution in [1.29, 1.82) is 0 Å². The molecule has 6 heteroatoms. The van der Waals surface area contributed by atoms with Gasteiger partial charge in [-0.05, 0) is 23.6 Å². The van der Waals surface area contributed by atoms with E-state index in [1.165, 1.54) is 11.3 Å². The number of hydrogen-bond acceptors (Lipinski definition) is 2. The predicted molar refractivity (Wildman–Crippen MR) is 76.4 cm³/mol. The zero-order chi connectivity index (χ0) is 12.4. The molecule has 17 heavy (non-hydrogen) atoms. The van der Waals surface area contributed by atoms with E-state index in [9.17, 15) is 4.79 Å². The van der Waals surface area contributed by atoms with Crippen LogP contribution in [-0.2, 0) is 0 Å². The van der Waals surface area contributed by atoms with Gasteiger partial charge in [-0.2, -0.15) is 0 Å². The highest BCUT2D eigenvalue weighted by Crippen LogP contribution is 2.34. The number of benzene rings is 1. The average molecular weight is 351 g/mol. The largest absolute Gasteiger partial charge is 0.319 e. The topological polar surface area (TPSA) is 29.1 Å². The lowest BCUT2D eigenvalue weighted by Crippen LogP contribution is -2.10. The molecule has 1 heterocycles.